The summed E-state index contributed by atoms with van der Waals surface area (Å²) in [5.41, 5.74) is 1.65. The van der Waals surface area contributed by atoms with Crippen molar-refractivity contribution in [2.45, 2.75) is 51.3 Å². The highest BCUT2D eigenvalue weighted by Gasteiger charge is 2.37. The van der Waals surface area contributed by atoms with Gasteiger partial charge in [0.05, 0.1) is 24.4 Å². The van der Waals surface area contributed by atoms with Gasteiger partial charge in [-0.2, -0.15) is 5.10 Å². The van der Waals surface area contributed by atoms with E-state index in [9.17, 15) is 5.11 Å². The highest BCUT2D eigenvalue weighted by atomic mass is 16.3. The Hall–Kier alpha value is -0.950. The molecule has 3 rings (SSSR count). The number of aliphatic hydroxyl groups is 2. The van der Waals surface area contributed by atoms with Crippen LogP contribution in [0, 0.1) is 6.92 Å². The summed E-state index contributed by atoms with van der Waals surface area (Å²) in [5, 5.41) is 24.4. The second-order valence-corrected chi connectivity index (χ2v) is 7.25. The van der Waals surface area contributed by atoms with Crippen LogP contribution in [0.1, 0.15) is 36.9 Å². The zero-order valence-electron chi connectivity index (χ0n) is 14.2. The zero-order chi connectivity index (χ0) is 16.3. The summed E-state index contributed by atoms with van der Waals surface area (Å²) in [6.07, 6.45) is 6.74. The van der Waals surface area contributed by atoms with E-state index in [1.54, 1.807) is 4.68 Å². The minimum absolute atomic E-state index is 0.111. The molecule has 0 aromatic carbocycles. The second kappa shape index (κ2) is 7.30. The third-order valence-corrected chi connectivity index (χ3v) is 5.15. The molecule has 23 heavy (non-hydrogen) atoms. The van der Waals surface area contributed by atoms with E-state index in [0.717, 1.165) is 51.4 Å². The first-order valence-corrected chi connectivity index (χ1v) is 8.89. The van der Waals surface area contributed by atoms with E-state index in [4.69, 9.17) is 5.11 Å². The molecule has 2 saturated heterocycles. The van der Waals surface area contributed by atoms with Gasteiger partial charge in [0.1, 0.15) is 0 Å². The molecule has 0 amide bonds. The van der Waals surface area contributed by atoms with Crippen LogP contribution < -0.4 is 0 Å². The highest BCUT2D eigenvalue weighted by Crippen LogP contribution is 2.25. The predicted octanol–water partition coefficient (Wildman–Crippen LogP) is 0.607. The van der Waals surface area contributed by atoms with Gasteiger partial charge in [-0.05, 0) is 39.3 Å². The summed E-state index contributed by atoms with van der Waals surface area (Å²) in [5.74, 6) is 0. The Bertz CT molecular complexity index is 513. The number of hydrogen-bond donors (Lipinski definition) is 2. The molecule has 130 valence electrons. The van der Waals surface area contributed by atoms with Crippen LogP contribution >= 0.6 is 0 Å². The predicted molar refractivity (Wildman–Crippen MR) is 89.2 cm³/mol. The molecule has 1 unspecified atom stereocenters. The van der Waals surface area contributed by atoms with E-state index < -0.39 is 5.60 Å². The second-order valence-electron chi connectivity index (χ2n) is 7.25. The monoisotopic (exact) mass is 322 g/mol. The molecule has 1 aromatic rings. The largest absolute Gasteiger partial charge is 0.394 e. The molecule has 2 aliphatic rings. The summed E-state index contributed by atoms with van der Waals surface area (Å²) in [6, 6.07) is 0. The Labute approximate surface area is 138 Å². The maximum absolute atomic E-state index is 10.9. The molecular weight excluding hydrogens is 292 g/mol. The van der Waals surface area contributed by atoms with E-state index in [2.05, 4.69) is 14.9 Å². The van der Waals surface area contributed by atoms with Gasteiger partial charge in [0.2, 0.25) is 0 Å². The molecule has 1 aromatic heterocycles. The Kier molecular flexibility index (Phi) is 5.36. The molecule has 6 heteroatoms. The molecular formula is C17H30N4O2. The number of likely N-dealkylation sites (tertiary alicyclic amines) is 2. The van der Waals surface area contributed by atoms with E-state index in [1.165, 1.54) is 24.8 Å². The summed E-state index contributed by atoms with van der Waals surface area (Å²) in [4.78, 5) is 4.76. The van der Waals surface area contributed by atoms with E-state index >= 15 is 0 Å². The Morgan fingerprint density at radius 3 is 2.70 bits per heavy atom. The normalized spacial score (nSPS) is 26.9. The van der Waals surface area contributed by atoms with Crippen LogP contribution in [-0.2, 0) is 13.1 Å². The molecule has 0 aliphatic carbocycles. The van der Waals surface area contributed by atoms with Gasteiger partial charge in [0.15, 0.2) is 0 Å². The molecule has 0 radical (unpaired) electrons. The lowest BCUT2D eigenvalue weighted by molar-refractivity contribution is 0.00633. The topological polar surface area (TPSA) is 64.8 Å². The molecule has 2 aliphatic heterocycles. The molecule has 3 heterocycles. The lowest BCUT2D eigenvalue weighted by Crippen LogP contribution is -2.46. The van der Waals surface area contributed by atoms with Crippen LogP contribution in [0.4, 0.5) is 0 Å². The third kappa shape index (κ3) is 4.32. The van der Waals surface area contributed by atoms with Crippen molar-refractivity contribution in [2.75, 3.05) is 39.3 Å². The standard InChI is InChI=1S/C17H30N4O2/c1-15-16(12-21(18-15)9-10-22)11-20-8-5-17(23,14-20)13-19-6-3-2-4-7-19/h12,22-23H,2-11,13-14H2,1H3. The number of aromatic nitrogens is 2. The number of piperidine rings is 1. The minimum atomic E-state index is -0.563. The van der Waals surface area contributed by atoms with Crippen LogP contribution in [0.3, 0.4) is 0 Å². The van der Waals surface area contributed by atoms with Crippen molar-refractivity contribution in [3.05, 3.63) is 17.5 Å². The average molecular weight is 322 g/mol. The number of aryl methyl sites for hydroxylation is 1. The van der Waals surface area contributed by atoms with E-state index in [-0.39, 0.29) is 6.61 Å². The van der Waals surface area contributed by atoms with Crippen LogP contribution in [0.15, 0.2) is 6.20 Å². The number of β-amino-alcohol motifs (C(OH)–C–C–N with tert-alkyl or cyclic N) is 1. The van der Waals surface area contributed by atoms with Crippen LogP contribution in [0.5, 0.6) is 0 Å². The van der Waals surface area contributed by atoms with Crippen molar-refractivity contribution in [2.24, 2.45) is 0 Å². The number of nitrogens with zero attached hydrogens (tertiary/aromatic N) is 4. The number of rotatable bonds is 6. The van der Waals surface area contributed by atoms with Gasteiger partial charge in [0, 0.05) is 37.9 Å². The Morgan fingerprint density at radius 2 is 1.96 bits per heavy atom. The van der Waals surface area contributed by atoms with E-state index in [1.807, 2.05) is 13.1 Å². The fraction of sp³-hybridized carbons (Fsp3) is 0.824. The average Bonchev–Trinajstić information content (AvgIpc) is 3.04. The van der Waals surface area contributed by atoms with Crippen LogP contribution in [0.25, 0.3) is 0 Å². The first-order valence-electron chi connectivity index (χ1n) is 8.89. The summed E-state index contributed by atoms with van der Waals surface area (Å²) in [6.45, 7) is 8.26. The first-order chi connectivity index (χ1) is 11.1. The highest BCUT2D eigenvalue weighted by molar-refractivity contribution is 5.16. The summed E-state index contributed by atoms with van der Waals surface area (Å²) in [7, 11) is 0. The molecule has 6 nitrogen and oxygen atoms in total. The molecule has 0 bridgehead atoms. The van der Waals surface area contributed by atoms with Crippen molar-refractivity contribution in [3.8, 4) is 0 Å². The summed E-state index contributed by atoms with van der Waals surface area (Å²) >= 11 is 0. The summed E-state index contributed by atoms with van der Waals surface area (Å²) < 4.78 is 1.81. The van der Waals surface area contributed by atoms with Gasteiger partial charge in [-0.25, -0.2) is 0 Å². The molecule has 0 saturated carbocycles. The van der Waals surface area contributed by atoms with Crippen molar-refractivity contribution in [1.29, 1.82) is 0 Å². The Balaban J connectivity index is 1.54. The fourth-order valence-corrected chi connectivity index (χ4v) is 3.91. The fourth-order valence-electron chi connectivity index (χ4n) is 3.91. The molecule has 2 fully saturated rings. The lowest BCUT2D eigenvalue weighted by Gasteiger charge is -2.33. The minimum Gasteiger partial charge on any atom is -0.394 e. The number of aliphatic hydroxyl groups excluding tert-OH is 1. The molecule has 1 atom stereocenters. The van der Waals surface area contributed by atoms with Gasteiger partial charge in [-0.3, -0.25) is 9.58 Å². The van der Waals surface area contributed by atoms with E-state index in [0.29, 0.717) is 6.54 Å². The first kappa shape index (κ1) is 16.9. The van der Waals surface area contributed by atoms with Gasteiger partial charge >= 0.3 is 0 Å². The smallest absolute Gasteiger partial charge is 0.0912 e. The van der Waals surface area contributed by atoms with Crippen LogP contribution in [0.2, 0.25) is 0 Å². The van der Waals surface area contributed by atoms with Crippen molar-refractivity contribution in [1.82, 2.24) is 19.6 Å². The third-order valence-electron chi connectivity index (χ3n) is 5.15. The van der Waals surface area contributed by atoms with Crippen molar-refractivity contribution < 1.29 is 10.2 Å². The SMILES string of the molecule is Cc1nn(CCO)cc1CN1CCC(O)(CN2CCCCC2)C1. The number of hydrogen-bond acceptors (Lipinski definition) is 5. The van der Waals surface area contributed by atoms with Gasteiger partial charge in [-0.1, -0.05) is 6.42 Å². The quantitative estimate of drug-likeness (QED) is 0.803. The molecule has 2 N–H and O–H groups in total. The molecule has 0 spiro atoms. The maximum atomic E-state index is 10.9. The zero-order valence-corrected chi connectivity index (χ0v) is 14.2. The maximum Gasteiger partial charge on any atom is 0.0912 e. The lowest BCUT2D eigenvalue weighted by atomic mass is 10.0. The van der Waals surface area contributed by atoms with Crippen molar-refractivity contribution in [3.63, 3.8) is 0 Å². The van der Waals surface area contributed by atoms with Gasteiger partial charge in [-0.15, -0.1) is 0 Å². The Morgan fingerprint density at radius 1 is 1.17 bits per heavy atom. The van der Waals surface area contributed by atoms with Crippen LogP contribution in [-0.4, -0.2) is 74.7 Å². The van der Waals surface area contributed by atoms with Gasteiger partial charge < -0.3 is 15.1 Å². The van der Waals surface area contributed by atoms with Gasteiger partial charge in [0.25, 0.3) is 0 Å². The van der Waals surface area contributed by atoms with Crippen molar-refractivity contribution >= 4 is 0 Å².